The van der Waals surface area contributed by atoms with Crippen LogP contribution in [0.25, 0.3) is 0 Å². The van der Waals surface area contributed by atoms with Gasteiger partial charge in [-0.15, -0.1) is 0 Å². The molecule has 0 saturated carbocycles. The number of rotatable bonds is 56. The zero-order valence-corrected chi connectivity index (χ0v) is 46.7. The standard InChI is InChI=1S/C62H120O6/c1-6-8-9-10-11-12-13-14-15-16-17-18-19-24-27-34-39-44-49-54-62(65)68-59(56-67-61(64)53-48-43-38-33-29-28-31-36-41-46-51-58(5)7-2)55-66-60(63)52-47-42-37-32-26-23-21-20-22-25-30-35-40-45-50-57(3)4/h57-59H,6-56H2,1-5H3/t58?,59-/m1/s1. The number of carbonyl (C=O) groups excluding carboxylic acids is 3. The minimum atomic E-state index is -0.763. The maximum atomic E-state index is 12.9. The largest absolute Gasteiger partial charge is 0.462 e. The van der Waals surface area contributed by atoms with Gasteiger partial charge in [-0.05, 0) is 31.1 Å². The Bertz CT molecular complexity index is 1040. The van der Waals surface area contributed by atoms with Crippen LogP contribution in [0.1, 0.15) is 349 Å². The molecule has 0 bridgehead atoms. The maximum Gasteiger partial charge on any atom is 0.306 e. The molecule has 0 amide bonds. The topological polar surface area (TPSA) is 78.9 Å². The van der Waals surface area contributed by atoms with E-state index in [0.29, 0.717) is 19.3 Å². The first-order valence-corrected chi connectivity index (χ1v) is 30.8. The zero-order valence-electron chi connectivity index (χ0n) is 46.7. The molecule has 0 aliphatic carbocycles. The Morgan fingerprint density at radius 1 is 0.309 bits per heavy atom. The van der Waals surface area contributed by atoms with Gasteiger partial charge in [0.15, 0.2) is 6.10 Å². The Labute approximate surface area is 425 Å². The third-order valence-electron chi connectivity index (χ3n) is 14.6. The molecule has 0 rings (SSSR count). The van der Waals surface area contributed by atoms with Crippen molar-refractivity contribution in [2.75, 3.05) is 13.2 Å². The van der Waals surface area contributed by atoms with Crippen LogP contribution in [0, 0.1) is 11.8 Å². The van der Waals surface area contributed by atoms with Crippen molar-refractivity contribution in [2.24, 2.45) is 11.8 Å². The third kappa shape index (κ3) is 53.8. The average Bonchev–Trinajstić information content (AvgIpc) is 3.32. The van der Waals surface area contributed by atoms with E-state index in [1.807, 2.05) is 0 Å². The van der Waals surface area contributed by atoms with E-state index in [-0.39, 0.29) is 31.1 Å². The van der Waals surface area contributed by atoms with E-state index >= 15 is 0 Å². The molecular formula is C62H120O6. The molecule has 0 radical (unpaired) electrons. The van der Waals surface area contributed by atoms with Crippen molar-refractivity contribution in [3.63, 3.8) is 0 Å². The van der Waals surface area contributed by atoms with Gasteiger partial charge < -0.3 is 14.2 Å². The van der Waals surface area contributed by atoms with Gasteiger partial charge in [-0.3, -0.25) is 14.4 Å². The van der Waals surface area contributed by atoms with Gasteiger partial charge in [0.1, 0.15) is 13.2 Å². The molecule has 6 heteroatoms. The second-order valence-electron chi connectivity index (χ2n) is 22.1. The molecule has 0 aliphatic rings. The molecule has 0 N–H and O–H groups in total. The second-order valence-corrected chi connectivity index (χ2v) is 22.1. The van der Waals surface area contributed by atoms with Crippen LogP contribution in [0.5, 0.6) is 0 Å². The van der Waals surface area contributed by atoms with Crippen LogP contribution in [0.15, 0.2) is 0 Å². The van der Waals surface area contributed by atoms with E-state index in [9.17, 15) is 14.4 Å². The fraction of sp³-hybridized carbons (Fsp3) is 0.952. The normalized spacial score (nSPS) is 12.4. The first-order chi connectivity index (χ1) is 33.3. The number of carbonyl (C=O) groups is 3. The summed E-state index contributed by atoms with van der Waals surface area (Å²) in [6.45, 7) is 11.5. The quantitative estimate of drug-likeness (QED) is 0.0343. The lowest BCUT2D eigenvalue weighted by Crippen LogP contribution is -2.30. The Hall–Kier alpha value is -1.59. The van der Waals surface area contributed by atoms with Crippen LogP contribution in [0.3, 0.4) is 0 Å². The molecule has 2 atom stereocenters. The van der Waals surface area contributed by atoms with E-state index in [0.717, 1.165) is 69.6 Å². The summed E-state index contributed by atoms with van der Waals surface area (Å²) >= 11 is 0. The number of unbranched alkanes of at least 4 members (excludes halogenated alkanes) is 40. The highest BCUT2D eigenvalue weighted by atomic mass is 16.6. The smallest absolute Gasteiger partial charge is 0.306 e. The Morgan fingerprint density at radius 2 is 0.559 bits per heavy atom. The molecule has 0 spiro atoms. The summed E-state index contributed by atoms with van der Waals surface area (Å²) in [6, 6.07) is 0. The average molecular weight is 962 g/mol. The van der Waals surface area contributed by atoms with E-state index < -0.39 is 6.10 Å². The Balaban J connectivity index is 4.29. The van der Waals surface area contributed by atoms with Crippen molar-refractivity contribution in [3.05, 3.63) is 0 Å². The number of ether oxygens (including phenoxy) is 3. The first kappa shape index (κ1) is 66.4. The molecule has 0 heterocycles. The molecule has 0 aliphatic heterocycles. The zero-order chi connectivity index (χ0) is 49.6. The summed E-state index contributed by atoms with van der Waals surface area (Å²) in [4.78, 5) is 38.2. The monoisotopic (exact) mass is 961 g/mol. The van der Waals surface area contributed by atoms with Gasteiger partial charge in [0.25, 0.3) is 0 Å². The van der Waals surface area contributed by atoms with Crippen LogP contribution in [-0.4, -0.2) is 37.2 Å². The molecular weight excluding hydrogens is 841 g/mol. The predicted molar refractivity (Wildman–Crippen MR) is 293 cm³/mol. The van der Waals surface area contributed by atoms with E-state index in [2.05, 4.69) is 34.6 Å². The summed E-state index contributed by atoms with van der Waals surface area (Å²) in [6.07, 6.45) is 59.5. The molecule has 0 aromatic heterocycles. The molecule has 0 aromatic rings. The summed E-state index contributed by atoms with van der Waals surface area (Å²) in [5, 5.41) is 0. The minimum Gasteiger partial charge on any atom is -0.462 e. The Kier molecular flexibility index (Phi) is 53.5. The van der Waals surface area contributed by atoms with Crippen LogP contribution in [-0.2, 0) is 28.6 Å². The molecule has 0 fully saturated rings. The number of hydrogen-bond donors (Lipinski definition) is 0. The van der Waals surface area contributed by atoms with Crippen molar-refractivity contribution in [1.82, 2.24) is 0 Å². The van der Waals surface area contributed by atoms with Crippen molar-refractivity contribution < 1.29 is 28.6 Å². The predicted octanol–water partition coefficient (Wildman–Crippen LogP) is 20.4. The molecule has 68 heavy (non-hydrogen) atoms. The van der Waals surface area contributed by atoms with Crippen LogP contribution < -0.4 is 0 Å². The lowest BCUT2D eigenvalue weighted by Gasteiger charge is -2.18. The summed E-state index contributed by atoms with van der Waals surface area (Å²) in [5.41, 5.74) is 0. The van der Waals surface area contributed by atoms with Crippen molar-refractivity contribution >= 4 is 17.9 Å². The van der Waals surface area contributed by atoms with Crippen LogP contribution in [0.2, 0.25) is 0 Å². The van der Waals surface area contributed by atoms with Crippen LogP contribution >= 0.6 is 0 Å². The molecule has 404 valence electrons. The van der Waals surface area contributed by atoms with Gasteiger partial charge in [-0.2, -0.15) is 0 Å². The summed E-state index contributed by atoms with van der Waals surface area (Å²) in [7, 11) is 0. The highest BCUT2D eigenvalue weighted by Gasteiger charge is 2.19. The fourth-order valence-electron chi connectivity index (χ4n) is 9.55. The SMILES string of the molecule is CCCCCCCCCCCCCCCCCCCCCC(=O)O[C@H](COC(=O)CCCCCCCCCCCCCCCCC(C)C)COC(=O)CCCCCCCCCCCCC(C)CC. The molecule has 1 unspecified atom stereocenters. The lowest BCUT2D eigenvalue weighted by atomic mass is 9.99. The van der Waals surface area contributed by atoms with Gasteiger partial charge in [0.05, 0.1) is 0 Å². The molecule has 0 saturated heterocycles. The number of esters is 3. The van der Waals surface area contributed by atoms with Crippen molar-refractivity contribution in [2.45, 2.75) is 355 Å². The highest BCUT2D eigenvalue weighted by molar-refractivity contribution is 5.71. The minimum absolute atomic E-state index is 0.0625. The molecule has 0 aromatic carbocycles. The third-order valence-corrected chi connectivity index (χ3v) is 14.6. The van der Waals surface area contributed by atoms with Crippen LogP contribution in [0.4, 0.5) is 0 Å². The Morgan fingerprint density at radius 3 is 0.838 bits per heavy atom. The van der Waals surface area contributed by atoms with Gasteiger partial charge in [0.2, 0.25) is 0 Å². The highest BCUT2D eigenvalue weighted by Crippen LogP contribution is 2.19. The summed E-state index contributed by atoms with van der Waals surface area (Å²) < 4.78 is 16.9. The van der Waals surface area contributed by atoms with Crippen molar-refractivity contribution in [1.29, 1.82) is 0 Å². The van der Waals surface area contributed by atoms with E-state index in [1.165, 1.54) is 238 Å². The van der Waals surface area contributed by atoms with Gasteiger partial charge in [-0.1, -0.05) is 311 Å². The summed E-state index contributed by atoms with van der Waals surface area (Å²) in [5.74, 6) is 0.879. The molecule has 6 nitrogen and oxygen atoms in total. The van der Waals surface area contributed by atoms with E-state index in [1.54, 1.807) is 0 Å². The first-order valence-electron chi connectivity index (χ1n) is 30.8. The van der Waals surface area contributed by atoms with Crippen molar-refractivity contribution in [3.8, 4) is 0 Å². The van der Waals surface area contributed by atoms with Gasteiger partial charge in [0, 0.05) is 19.3 Å². The van der Waals surface area contributed by atoms with E-state index in [4.69, 9.17) is 14.2 Å². The number of hydrogen-bond acceptors (Lipinski definition) is 6. The lowest BCUT2D eigenvalue weighted by molar-refractivity contribution is -0.167. The van der Waals surface area contributed by atoms with Gasteiger partial charge in [-0.25, -0.2) is 0 Å². The maximum absolute atomic E-state index is 12.9. The fourth-order valence-corrected chi connectivity index (χ4v) is 9.55. The van der Waals surface area contributed by atoms with Gasteiger partial charge >= 0.3 is 17.9 Å². The second kappa shape index (κ2) is 54.7.